The fourth-order valence-electron chi connectivity index (χ4n) is 3.60. The highest BCUT2D eigenvalue weighted by Crippen LogP contribution is 2.30. The van der Waals surface area contributed by atoms with E-state index in [1.165, 1.54) is 4.90 Å². The van der Waals surface area contributed by atoms with E-state index in [0.717, 1.165) is 6.07 Å². The lowest BCUT2D eigenvalue weighted by atomic mass is 10.1. The second kappa shape index (κ2) is 10.2. The molecule has 182 valence electrons. The second-order valence-electron chi connectivity index (χ2n) is 9.04. The number of halogens is 2. The maximum absolute atomic E-state index is 14.5. The Hall–Kier alpha value is -3.49. The van der Waals surface area contributed by atoms with Crippen molar-refractivity contribution in [3.8, 4) is 5.75 Å². The highest BCUT2D eigenvalue weighted by molar-refractivity contribution is 6.21. The molecule has 0 spiro atoms. The minimum Gasteiger partial charge on any atom is -0.490 e. The maximum atomic E-state index is 14.5. The normalized spacial score (nSPS) is 14.1. The number of imide groups is 1. The van der Waals surface area contributed by atoms with Crippen molar-refractivity contribution in [2.75, 3.05) is 13.2 Å². The van der Waals surface area contributed by atoms with Gasteiger partial charge < -0.3 is 14.8 Å². The Labute approximate surface area is 197 Å². The number of carbonyl (C=O) groups is 3. The molecule has 3 rings (SSSR count). The third-order valence-corrected chi connectivity index (χ3v) is 5.14. The third kappa shape index (κ3) is 5.89. The van der Waals surface area contributed by atoms with E-state index in [1.54, 1.807) is 52.0 Å². The van der Waals surface area contributed by atoms with Gasteiger partial charge in [-0.05, 0) is 58.7 Å². The quantitative estimate of drug-likeness (QED) is 0.430. The van der Waals surface area contributed by atoms with Crippen molar-refractivity contribution in [3.05, 3.63) is 64.7 Å². The highest BCUT2D eigenvalue weighted by atomic mass is 19.1. The number of ether oxygens (including phenoxy) is 2. The average molecular weight is 475 g/mol. The number of amides is 3. The van der Waals surface area contributed by atoms with Crippen molar-refractivity contribution in [3.63, 3.8) is 0 Å². The van der Waals surface area contributed by atoms with E-state index in [0.29, 0.717) is 30.0 Å². The molecule has 1 aliphatic heterocycles. The summed E-state index contributed by atoms with van der Waals surface area (Å²) < 4.78 is 39.1. The molecule has 1 unspecified atom stereocenters. The molecule has 0 fully saturated rings. The molecule has 3 amide bonds. The summed E-state index contributed by atoms with van der Waals surface area (Å²) in [6, 6.07) is 7.66. The zero-order valence-electron chi connectivity index (χ0n) is 19.6. The van der Waals surface area contributed by atoms with Gasteiger partial charge in [0.15, 0.2) is 11.6 Å². The van der Waals surface area contributed by atoms with E-state index >= 15 is 0 Å². The van der Waals surface area contributed by atoms with E-state index in [1.807, 2.05) is 0 Å². The van der Waals surface area contributed by atoms with Gasteiger partial charge in [0.1, 0.15) is 11.4 Å². The maximum Gasteiger partial charge on any atom is 0.408 e. The Morgan fingerprint density at radius 1 is 1.06 bits per heavy atom. The molecule has 34 heavy (non-hydrogen) atoms. The Morgan fingerprint density at radius 3 is 2.26 bits per heavy atom. The zero-order valence-corrected chi connectivity index (χ0v) is 19.6. The van der Waals surface area contributed by atoms with Crippen molar-refractivity contribution >= 4 is 17.9 Å². The van der Waals surface area contributed by atoms with Gasteiger partial charge in [0.25, 0.3) is 11.8 Å². The van der Waals surface area contributed by atoms with Crippen LogP contribution < -0.4 is 10.1 Å². The number of alkyl carbamates (subject to hydrolysis) is 1. The van der Waals surface area contributed by atoms with E-state index < -0.39 is 29.4 Å². The number of unbranched alkanes of at least 4 members (excludes halogenated alkanes) is 1. The first-order valence-corrected chi connectivity index (χ1v) is 11.0. The first kappa shape index (κ1) is 25.1. The Balaban J connectivity index is 1.57. The predicted octanol–water partition coefficient (Wildman–Crippen LogP) is 5.01. The summed E-state index contributed by atoms with van der Waals surface area (Å²) >= 11 is 0. The van der Waals surface area contributed by atoms with Gasteiger partial charge in [-0.1, -0.05) is 12.1 Å². The Morgan fingerprint density at radius 2 is 1.68 bits per heavy atom. The number of carbonyl (C=O) groups excluding carboxylic acids is 3. The van der Waals surface area contributed by atoms with Crippen LogP contribution in [0.3, 0.4) is 0 Å². The van der Waals surface area contributed by atoms with Crippen LogP contribution in [0, 0.1) is 11.6 Å². The van der Waals surface area contributed by atoms with Crippen molar-refractivity contribution in [2.45, 2.75) is 52.2 Å². The molecular formula is C25H28F2N2O5. The van der Waals surface area contributed by atoms with Gasteiger partial charge in [0, 0.05) is 18.2 Å². The van der Waals surface area contributed by atoms with Crippen LogP contribution in [-0.2, 0) is 4.74 Å². The van der Waals surface area contributed by atoms with Gasteiger partial charge in [-0.3, -0.25) is 14.5 Å². The van der Waals surface area contributed by atoms with E-state index in [9.17, 15) is 23.2 Å². The topological polar surface area (TPSA) is 84.9 Å². The first-order valence-electron chi connectivity index (χ1n) is 11.0. The van der Waals surface area contributed by atoms with Gasteiger partial charge in [0.05, 0.1) is 23.8 Å². The fraction of sp³-hybridized carbons (Fsp3) is 0.400. The van der Waals surface area contributed by atoms with Gasteiger partial charge in [-0.15, -0.1) is 0 Å². The van der Waals surface area contributed by atoms with Crippen molar-refractivity contribution in [1.29, 1.82) is 0 Å². The van der Waals surface area contributed by atoms with E-state index in [2.05, 4.69) is 5.32 Å². The molecule has 9 heteroatoms. The molecule has 0 saturated heterocycles. The Bertz CT molecular complexity index is 1060. The lowest BCUT2D eigenvalue weighted by Gasteiger charge is -2.23. The summed E-state index contributed by atoms with van der Waals surface area (Å²) in [6.07, 6.45) is 0.129. The molecule has 1 N–H and O–H groups in total. The van der Waals surface area contributed by atoms with Crippen LogP contribution in [0.1, 0.15) is 72.9 Å². The van der Waals surface area contributed by atoms with Gasteiger partial charge in [-0.2, -0.15) is 0 Å². The predicted molar refractivity (Wildman–Crippen MR) is 121 cm³/mol. The molecule has 0 bridgehead atoms. The van der Waals surface area contributed by atoms with Crippen molar-refractivity contribution in [2.24, 2.45) is 0 Å². The van der Waals surface area contributed by atoms with Crippen molar-refractivity contribution < 1.29 is 32.6 Å². The first-order chi connectivity index (χ1) is 16.0. The number of hydrogen-bond acceptors (Lipinski definition) is 5. The monoisotopic (exact) mass is 474 g/mol. The molecule has 1 aliphatic rings. The lowest BCUT2D eigenvalue weighted by molar-refractivity contribution is 0.0505. The van der Waals surface area contributed by atoms with E-state index in [4.69, 9.17) is 9.47 Å². The minimum atomic E-state index is -0.895. The summed E-state index contributed by atoms with van der Waals surface area (Å²) in [6.45, 7) is 6.94. The number of hydrogen-bond donors (Lipinski definition) is 1. The smallest absolute Gasteiger partial charge is 0.408 e. The number of fused-ring (bicyclic) bond motifs is 1. The SMILES string of the molecule is CC(NC(=O)OC(C)(C)C)c1cc(F)cc(F)c1OCCCCN1C(=O)c2ccccc2C1=O. The molecule has 0 radical (unpaired) electrons. The summed E-state index contributed by atoms with van der Waals surface area (Å²) in [5.74, 6) is -2.55. The minimum absolute atomic E-state index is 0.0673. The van der Waals surface area contributed by atoms with Crippen LogP contribution in [0.2, 0.25) is 0 Å². The summed E-state index contributed by atoms with van der Waals surface area (Å²) in [5.41, 5.74) is 0.167. The van der Waals surface area contributed by atoms with Crippen molar-refractivity contribution in [1.82, 2.24) is 10.2 Å². The fourth-order valence-corrected chi connectivity index (χ4v) is 3.60. The van der Waals surface area contributed by atoms with Gasteiger partial charge in [-0.25, -0.2) is 13.6 Å². The molecule has 1 heterocycles. The number of nitrogens with zero attached hydrogens (tertiary/aromatic N) is 1. The van der Waals surface area contributed by atoms with Crippen LogP contribution in [0.4, 0.5) is 13.6 Å². The largest absolute Gasteiger partial charge is 0.490 e. The van der Waals surface area contributed by atoms with Crippen LogP contribution in [0.15, 0.2) is 36.4 Å². The highest BCUT2D eigenvalue weighted by Gasteiger charge is 2.34. The van der Waals surface area contributed by atoms with Crippen LogP contribution in [0.25, 0.3) is 0 Å². The summed E-state index contributed by atoms with van der Waals surface area (Å²) in [4.78, 5) is 38.1. The summed E-state index contributed by atoms with van der Waals surface area (Å²) in [5, 5.41) is 2.55. The van der Waals surface area contributed by atoms with Crippen LogP contribution in [0.5, 0.6) is 5.75 Å². The molecule has 2 aromatic rings. The second-order valence-corrected chi connectivity index (χ2v) is 9.04. The molecule has 2 aromatic carbocycles. The summed E-state index contributed by atoms with van der Waals surface area (Å²) in [7, 11) is 0. The third-order valence-electron chi connectivity index (χ3n) is 5.14. The van der Waals surface area contributed by atoms with Gasteiger partial charge >= 0.3 is 6.09 Å². The molecule has 0 saturated carbocycles. The van der Waals surface area contributed by atoms with E-state index in [-0.39, 0.29) is 36.3 Å². The van der Waals surface area contributed by atoms with Gasteiger partial charge in [0.2, 0.25) is 0 Å². The number of nitrogens with one attached hydrogen (secondary N) is 1. The molecule has 1 atom stereocenters. The molecule has 0 aromatic heterocycles. The zero-order chi connectivity index (χ0) is 25.0. The molecular weight excluding hydrogens is 446 g/mol. The lowest BCUT2D eigenvalue weighted by Crippen LogP contribution is -2.34. The number of benzene rings is 2. The Kier molecular flexibility index (Phi) is 7.54. The standard InChI is InChI=1S/C25H28F2N2O5/c1-15(28-24(32)34-25(2,3)4)19-13-16(26)14-20(27)21(19)33-12-8-7-11-29-22(30)17-9-5-6-10-18(17)23(29)31/h5-6,9-10,13-15H,7-8,11-12H2,1-4H3,(H,28,32). The van der Waals surface area contributed by atoms with Crippen LogP contribution >= 0.6 is 0 Å². The molecule has 7 nitrogen and oxygen atoms in total. The number of rotatable bonds is 8. The average Bonchev–Trinajstić information content (AvgIpc) is 2.98. The van der Waals surface area contributed by atoms with Crippen LogP contribution in [-0.4, -0.2) is 41.6 Å². The molecule has 0 aliphatic carbocycles.